The first-order valence-electron chi connectivity index (χ1n) is 6.44. The van der Waals surface area contributed by atoms with Gasteiger partial charge in [0.05, 0.1) is 0 Å². The van der Waals surface area contributed by atoms with Crippen molar-refractivity contribution < 1.29 is 0 Å². The van der Waals surface area contributed by atoms with E-state index in [0.29, 0.717) is 10.3 Å². The normalized spacial score (nSPS) is 18.2. The minimum absolute atomic E-state index is 0.455. The Labute approximate surface area is 119 Å². The number of hydrogen-bond donors (Lipinski definition) is 0. The van der Waals surface area contributed by atoms with Crippen LogP contribution in [-0.4, -0.2) is 47.5 Å². The molecule has 1 fully saturated rings. The summed E-state index contributed by atoms with van der Waals surface area (Å²) in [7, 11) is 0. The molecule has 5 heteroatoms. The van der Waals surface area contributed by atoms with E-state index in [1.807, 2.05) is 6.07 Å². The van der Waals surface area contributed by atoms with Crippen molar-refractivity contribution in [3.8, 4) is 0 Å². The van der Waals surface area contributed by atoms with Crippen molar-refractivity contribution in [2.24, 2.45) is 0 Å². The Morgan fingerprint density at radius 2 is 1.78 bits per heavy atom. The Morgan fingerprint density at radius 3 is 2.39 bits per heavy atom. The summed E-state index contributed by atoms with van der Waals surface area (Å²) in [6.07, 6.45) is 1.23. The topological polar surface area (TPSA) is 19.4 Å². The molecule has 1 aliphatic heterocycles. The maximum absolute atomic E-state index is 6.09. The molecule has 3 nitrogen and oxygen atoms in total. The van der Waals surface area contributed by atoms with Crippen LogP contribution in [-0.2, 0) is 6.54 Å². The van der Waals surface area contributed by atoms with Crippen LogP contribution >= 0.6 is 23.2 Å². The highest BCUT2D eigenvalue weighted by Crippen LogP contribution is 2.19. The number of halogens is 2. The monoisotopic (exact) mass is 287 g/mol. The van der Waals surface area contributed by atoms with E-state index in [4.69, 9.17) is 23.2 Å². The summed E-state index contributed by atoms with van der Waals surface area (Å²) in [6.45, 7) is 8.78. The summed E-state index contributed by atoms with van der Waals surface area (Å²) >= 11 is 11.9. The molecule has 0 spiro atoms. The summed E-state index contributed by atoms with van der Waals surface area (Å²) in [6, 6.07) is 3.77. The van der Waals surface area contributed by atoms with Crippen LogP contribution in [0.4, 0.5) is 0 Å². The van der Waals surface area contributed by atoms with E-state index < -0.39 is 0 Å². The van der Waals surface area contributed by atoms with Gasteiger partial charge in [-0.15, -0.1) is 0 Å². The molecule has 100 valence electrons. The summed E-state index contributed by atoms with van der Waals surface area (Å²) in [5.74, 6) is 0. The third-order valence-electron chi connectivity index (χ3n) is 3.29. The second-order valence-electron chi connectivity index (χ2n) is 4.70. The molecular formula is C13H19Cl2N3. The van der Waals surface area contributed by atoms with Gasteiger partial charge in [0, 0.05) is 38.3 Å². The van der Waals surface area contributed by atoms with Crippen molar-refractivity contribution in [3.05, 3.63) is 28.0 Å². The number of rotatable bonds is 4. The van der Waals surface area contributed by atoms with Gasteiger partial charge in [0.1, 0.15) is 10.3 Å². The van der Waals surface area contributed by atoms with E-state index in [2.05, 4.69) is 21.7 Å². The summed E-state index contributed by atoms with van der Waals surface area (Å²) in [5.41, 5.74) is 1.06. The van der Waals surface area contributed by atoms with E-state index in [1.165, 1.54) is 13.0 Å². The van der Waals surface area contributed by atoms with Crippen molar-refractivity contribution in [1.29, 1.82) is 0 Å². The second-order valence-corrected chi connectivity index (χ2v) is 5.45. The predicted molar refractivity (Wildman–Crippen MR) is 76.3 cm³/mol. The molecule has 0 amide bonds. The first-order chi connectivity index (χ1) is 8.69. The minimum Gasteiger partial charge on any atom is -0.301 e. The van der Waals surface area contributed by atoms with Crippen molar-refractivity contribution in [2.75, 3.05) is 32.7 Å². The minimum atomic E-state index is 0.455. The molecule has 0 radical (unpaired) electrons. The van der Waals surface area contributed by atoms with Crippen LogP contribution in [0.25, 0.3) is 0 Å². The van der Waals surface area contributed by atoms with Gasteiger partial charge in [0.15, 0.2) is 0 Å². The van der Waals surface area contributed by atoms with Crippen LogP contribution in [0.2, 0.25) is 10.3 Å². The van der Waals surface area contributed by atoms with Crippen molar-refractivity contribution >= 4 is 23.2 Å². The molecule has 0 bridgehead atoms. The lowest BCUT2D eigenvalue weighted by Crippen LogP contribution is -2.46. The van der Waals surface area contributed by atoms with Gasteiger partial charge in [-0.05, 0) is 19.0 Å². The Hall–Kier alpha value is -0.350. The molecule has 0 atom stereocenters. The number of nitrogens with zero attached hydrogens (tertiary/aromatic N) is 3. The van der Waals surface area contributed by atoms with Crippen molar-refractivity contribution in [1.82, 2.24) is 14.8 Å². The average Bonchev–Trinajstić information content (AvgIpc) is 2.35. The van der Waals surface area contributed by atoms with E-state index in [9.17, 15) is 0 Å². The molecule has 2 heterocycles. The average molecular weight is 288 g/mol. The van der Waals surface area contributed by atoms with Gasteiger partial charge < -0.3 is 4.90 Å². The van der Waals surface area contributed by atoms with Crippen LogP contribution in [0, 0.1) is 0 Å². The van der Waals surface area contributed by atoms with Crippen molar-refractivity contribution in [3.63, 3.8) is 0 Å². The molecule has 0 saturated carbocycles. The van der Waals surface area contributed by atoms with Gasteiger partial charge in [-0.1, -0.05) is 36.2 Å². The largest absolute Gasteiger partial charge is 0.301 e. The summed E-state index contributed by atoms with van der Waals surface area (Å²) in [5, 5.41) is 0.981. The van der Waals surface area contributed by atoms with E-state index in [0.717, 1.165) is 38.3 Å². The standard InChI is InChI=1S/C13H19Cl2N3/c1-2-5-17-6-8-18(9-7-17)10-11-3-4-12(14)16-13(11)15/h3-4H,2,5-10H2,1H3. The Morgan fingerprint density at radius 1 is 1.11 bits per heavy atom. The number of hydrogen-bond acceptors (Lipinski definition) is 3. The third kappa shape index (κ3) is 3.82. The highest BCUT2D eigenvalue weighted by molar-refractivity contribution is 6.32. The summed E-state index contributed by atoms with van der Waals surface area (Å²) < 4.78 is 0. The fourth-order valence-electron chi connectivity index (χ4n) is 2.29. The first kappa shape index (κ1) is 14.1. The van der Waals surface area contributed by atoms with Crippen LogP contribution in [0.5, 0.6) is 0 Å². The molecular weight excluding hydrogens is 269 g/mol. The van der Waals surface area contributed by atoms with Crippen LogP contribution in [0.1, 0.15) is 18.9 Å². The first-order valence-corrected chi connectivity index (χ1v) is 7.20. The van der Waals surface area contributed by atoms with Crippen LogP contribution in [0.15, 0.2) is 12.1 Å². The maximum Gasteiger partial charge on any atom is 0.135 e. The fourth-order valence-corrected chi connectivity index (χ4v) is 2.69. The molecule has 1 aromatic rings. The molecule has 1 saturated heterocycles. The Bertz CT molecular complexity index is 390. The number of piperazine rings is 1. The van der Waals surface area contributed by atoms with Crippen molar-refractivity contribution in [2.45, 2.75) is 19.9 Å². The highest BCUT2D eigenvalue weighted by atomic mass is 35.5. The lowest BCUT2D eigenvalue weighted by molar-refractivity contribution is 0.127. The molecule has 0 N–H and O–H groups in total. The van der Waals surface area contributed by atoms with Crippen LogP contribution in [0.3, 0.4) is 0 Å². The van der Waals surface area contributed by atoms with E-state index >= 15 is 0 Å². The molecule has 0 aliphatic carbocycles. The van der Waals surface area contributed by atoms with E-state index in [-0.39, 0.29) is 0 Å². The maximum atomic E-state index is 6.09. The van der Waals surface area contributed by atoms with Gasteiger partial charge in [0.25, 0.3) is 0 Å². The molecule has 0 unspecified atom stereocenters. The Balaban J connectivity index is 1.87. The Kier molecular flexibility index (Phi) is 5.25. The SMILES string of the molecule is CCCN1CCN(Cc2ccc(Cl)nc2Cl)CC1. The molecule has 1 aromatic heterocycles. The van der Waals surface area contributed by atoms with Gasteiger partial charge in [-0.25, -0.2) is 4.98 Å². The highest BCUT2D eigenvalue weighted by Gasteiger charge is 2.17. The zero-order valence-electron chi connectivity index (χ0n) is 10.7. The summed E-state index contributed by atoms with van der Waals surface area (Å²) in [4.78, 5) is 9.01. The van der Waals surface area contributed by atoms with E-state index in [1.54, 1.807) is 6.07 Å². The van der Waals surface area contributed by atoms with Gasteiger partial charge in [0.2, 0.25) is 0 Å². The smallest absolute Gasteiger partial charge is 0.135 e. The lowest BCUT2D eigenvalue weighted by Gasteiger charge is -2.34. The van der Waals surface area contributed by atoms with Gasteiger partial charge >= 0.3 is 0 Å². The molecule has 2 rings (SSSR count). The number of aromatic nitrogens is 1. The van der Waals surface area contributed by atoms with Gasteiger partial charge in [-0.2, -0.15) is 0 Å². The number of pyridine rings is 1. The molecule has 18 heavy (non-hydrogen) atoms. The second kappa shape index (κ2) is 6.71. The third-order valence-corrected chi connectivity index (χ3v) is 3.83. The molecule has 1 aliphatic rings. The molecule has 0 aromatic carbocycles. The van der Waals surface area contributed by atoms with Gasteiger partial charge in [-0.3, -0.25) is 4.90 Å². The van der Waals surface area contributed by atoms with Crippen LogP contribution < -0.4 is 0 Å². The fraction of sp³-hybridized carbons (Fsp3) is 0.615. The zero-order valence-corrected chi connectivity index (χ0v) is 12.2. The zero-order chi connectivity index (χ0) is 13.0. The predicted octanol–water partition coefficient (Wildman–Crippen LogP) is 2.92. The lowest BCUT2D eigenvalue weighted by atomic mass is 10.2. The quantitative estimate of drug-likeness (QED) is 0.794.